The Bertz CT molecular complexity index is 1130. The van der Waals surface area contributed by atoms with E-state index in [1.165, 1.54) is 0 Å². The number of hydrogen-bond acceptors (Lipinski definition) is 5. The number of aryl methyl sites for hydroxylation is 2. The maximum atomic E-state index is 12.8. The zero-order valence-corrected chi connectivity index (χ0v) is 16.0. The second kappa shape index (κ2) is 7.31. The number of hydrogen-bond donors (Lipinski definition) is 0. The van der Waals surface area contributed by atoms with Gasteiger partial charge in [0.25, 0.3) is 5.89 Å². The molecule has 28 heavy (non-hydrogen) atoms. The van der Waals surface area contributed by atoms with Crippen molar-refractivity contribution in [2.24, 2.45) is 0 Å². The predicted molar refractivity (Wildman–Crippen MR) is 106 cm³/mol. The molecule has 0 bridgehead atoms. The van der Waals surface area contributed by atoms with Crippen molar-refractivity contribution in [3.8, 4) is 11.5 Å². The SMILES string of the molecule is CCn1cc(C(=O)OC(C)c2nnc(-c3ccc(C)cc3)o2)c2ccccc21. The lowest BCUT2D eigenvalue weighted by molar-refractivity contribution is 0.0282. The third-order valence-electron chi connectivity index (χ3n) is 4.72. The molecule has 0 N–H and O–H groups in total. The van der Waals surface area contributed by atoms with Gasteiger partial charge in [-0.1, -0.05) is 35.9 Å². The Morgan fingerprint density at radius 3 is 2.64 bits per heavy atom. The number of aromatic nitrogens is 3. The van der Waals surface area contributed by atoms with E-state index in [0.29, 0.717) is 11.5 Å². The molecule has 0 saturated carbocycles. The van der Waals surface area contributed by atoms with Crippen LogP contribution in [0.5, 0.6) is 0 Å². The molecule has 0 aliphatic heterocycles. The molecule has 1 atom stereocenters. The zero-order valence-electron chi connectivity index (χ0n) is 16.0. The van der Waals surface area contributed by atoms with Gasteiger partial charge in [-0.25, -0.2) is 4.79 Å². The quantitative estimate of drug-likeness (QED) is 0.462. The van der Waals surface area contributed by atoms with Crippen molar-refractivity contribution in [3.05, 3.63) is 71.7 Å². The van der Waals surface area contributed by atoms with Crippen molar-refractivity contribution in [1.29, 1.82) is 0 Å². The van der Waals surface area contributed by atoms with Crippen molar-refractivity contribution < 1.29 is 13.9 Å². The van der Waals surface area contributed by atoms with E-state index in [0.717, 1.165) is 28.6 Å². The van der Waals surface area contributed by atoms with Crippen molar-refractivity contribution in [1.82, 2.24) is 14.8 Å². The standard InChI is InChI=1S/C22H21N3O3/c1-4-25-13-18(17-7-5-6-8-19(17)25)22(26)27-15(3)20-23-24-21(28-20)16-11-9-14(2)10-12-16/h5-13,15H,4H2,1-3H3. The van der Waals surface area contributed by atoms with E-state index >= 15 is 0 Å². The Morgan fingerprint density at radius 2 is 1.89 bits per heavy atom. The van der Waals surface area contributed by atoms with Crippen LogP contribution in [0.15, 0.2) is 59.1 Å². The first-order valence-corrected chi connectivity index (χ1v) is 9.26. The number of carbonyl (C=O) groups excluding carboxylic acids is 1. The molecule has 0 fully saturated rings. The lowest BCUT2D eigenvalue weighted by Gasteiger charge is -2.08. The molecule has 0 amide bonds. The lowest BCUT2D eigenvalue weighted by atomic mass is 10.1. The maximum absolute atomic E-state index is 12.8. The van der Waals surface area contributed by atoms with Gasteiger partial charge in [-0.15, -0.1) is 10.2 Å². The van der Waals surface area contributed by atoms with E-state index in [9.17, 15) is 4.79 Å². The van der Waals surface area contributed by atoms with Crippen molar-refractivity contribution in [2.45, 2.75) is 33.4 Å². The number of rotatable bonds is 5. The van der Waals surface area contributed by atoms with Gasteiger partial charge in [0.15, 0.2) is 6.10 Å². The van der Waals surface area contributed by atoms with E-state index in [-0.39, 0.29) is 5.89 Å². The normalized spacial score (nSPS) is 12.2. The molecule has 6 nitrogen and oxygen atoms in total. The number of para-hydroxylation sites is 1. The minimum Gasteiger partial charge on any atom is -0.449 e. The molecule has 0 radical (unpaired) electrons. The van der Waals surface area contributed by atoms with E-state index in [4.69, 9.17) is 9.15 Å². The predicted octanol–water partition coefficient (Wildman–Crippen LogP) is 4.94. The second-order valence-corrected chi connectivity index (χ2v) is 6.70. The van der Waals surface area contributed by atoms with Crippen LogP contribution in [0.1, 0.15) is 41.8 Å². The summed E-state index contributed by atoms with van der Waals surface area (Å²) in [7, 11) is 0. The first-order valence-electron chi connectivity index (χ1n) is 9.26. The number of benzene rings is 2. The van der Waals surface area contributed by atoms with Gasteiger partial charge in [0.1, 0.15) is 0 Å². The highest BCUT2D eigenvalue weighted by atomic mass is 16.6. The molecular weight excluding hydrogens is 354 g/mol. The molecule has 0 aliphatic rings. The van der Waals surface area contributed by atoms with E-state index in [1.54, 1.807) is 6.92 Å². The van der Waals surface area contributed by atoms with Crippen LogP contribution in [-0.2, 0) is 11.3 Å². The Balaban J connectivity index is 1.55. The van der Waals surface area contributed by atoms with E-state index in [1.807, 2.05) is 73.1 Å². The topological polar surface area (TPSA) is 70.2 Å². The molecule has 142 valence electrons. The summed E-state index contributed by atoms with van der Waals surface area (Å²) >= 11 is 0. The maximum Gasteiger partial charge on any atom is 0.341 e. The minimum absolute atomic E-state index is 0.267. The lowest BCUT2D eigenvalue weighted by Crippen LogP contribution is -2.09. The molecule has 2 aromatic carbocycles. The first-order chi connectivity index (χ1) is 13.6. The smallest absolute Gasteiger partial charge is 0.341 e. The molecular formula is C22H21N3O3. The number of ether oxygens (including phenoxy) is 1. The van der Waals surface area contributed by atoms with Crippen LogP contribution < -0.4 is 0 Å². The molecule has 0 aliphatic carbocycles. The fourth-order valence-corrected chi connectivity index (χ4v) is 3.16. The zero-order chi connectivity index (χ0) is 19.7. The van der Waals surface area contributed by atoms with Crippen LogP contribution in [0.2, 0.25) is 0 Å². The first kappa shape index (κ1) is 18.0. The minimum atomic E-state index is -0.650. The Hall–Kier alpha value is -3.41. The van der Waals surface area contributed by atoms with Crippen LogP contribution in [0.3, 0.4) is 0 Å². The highest BCUT2D eigenvalue weighted by Crippen LogP contribution is 2.26. The largest absolute Gasteiger partial charge is 0.449 e. The molecule has 6 heteroatoms. The third-order valence-corrected chi connectivity index (χ3v) is 4.72. The molecule has 2 heterocycles. The summed E-state index contributed by atoms with van der Waals surface area (Å²) in [6.45, 7) is 6.55. The van der Waals surface area contributed by atoms with Crippen LogP contribution >= 0.6 is 0 Å². The van der Waals surface area contributed by atoms with Gasteiger partial charge in [-0.3, -0.25) is 0 Å². The van der Waals surface area contributed by atoms with Gasteiger partial charge in [0, 0.05) is 29.2 Å². The van der Waals surface area contributed by atoms with Gasteiger partial charge in [-0.05, 0) is 39.0 Å². The van der Waals surface area contributed by atoms with Gasteiger partial charge < -0.3 is 13.7 Å². The Labute approximate surface area is 162 Å². The summed E-state index contributed by atoms with van der Waals surface area (Å²) in [4.78, 5) is 12.8. The Kier molecular flexibility index (Phi) is 4.69. The fourth-order valence-electron chi connectivity index (χ4n) is 3.16. The van der Waals surface area contributed by atoms with E-state index in [2.05, 4.69) is 10.2 Å². The van der Waals surface area contributed by atoms with Crippen LogP contribution in [0.4, 0.5) is 0 Å². The van der Waals surface area contributed by atoms with Gasteiger partial charge in [0.05, 0.1) is 5.56 Å². The van der Waals surface area contributed by atoms with Gasteiger partial charge in [-0.2, -0.15) is 0 Å². The van der Waals surface area contributed by atoms with Gasteiger partial charge in [0.2, 0.25) is 5.89 Å². The third kappa shape index (κ3) is 3.29. The van der Waals surface area contributed by atoms with Gasteiger partial charge >= 0.3 is 5.97 Å². The molecule has 1 unspecified atom stereocenters. The summed E-state index contributed by atoms with van der Waals surface area (Å²) in [5, 5.41) is 8.99. The average Bonchev–Trinajstić information content (AvgIpc) is 3.34. The summed E-state index contributed by atoms with van der Waals surface area (Å²) in [6, 6.07) is 15.6. The van der Waals surface area contributed by atoms with Crippen molar-refractivity contribution >= 4 is 16.9 Å². The number of fused-ring (bicyclic) bond motifs is 1. The highest BCUT2D eigenvalue weighted by molar-refractivity contribution is 6.04. The van der Waals surface area contributed by atoms with E-state index < -0.39 is 12.1 Å². The monoisotopic (exact) mass is 375 g/mol. The van der Waals surface area contributed by atoms with Crippen LogP contribution in [0, 0.1) is 6.92 Å². The number of esters is 1. The summed E-state index contributed by atoms with van der Waals surface area (Å²) in [5.41, 5.74) is 3.51. The summed E-state index contributed by atoms with van der Waals surface area (Å²) in [6.07, 6.45) is 1.17. The Morgan fingerprint density at radius 1 is 1.14 bits per heavy atom. The van der Waals surface area contributed by atoms with Crippen LogP contribution in [0.25, 0.3) is 22.4 Å². The molecule has 0 spiro atoms. The summed E-state index contributed by atoms with van der Waals surface area (Å²) in [5.74, 6) is 0.259. The number of carbonyl (C=O) groups is 1. The summed E-state index contributed by atoms with van der Waals surface area (Å²) < 4.78 is 13.4. The fraction of sp³-hybridized carbons (Fsp3) is 0.227. The van der Waals surface area contributed by atoms with Crippen LogP contribution in [-0.4, -0.2) is 20.7 Å². The molecule has 4 aromatic rings. The van der Waals surface area contributed by atoms with Crippen molar-refractivity contribution in [3.63, 3.8) is 0 Å². The second-order valence-electron chi connectivity index (χ2n) is 6.70. The molecule has 0 saturated heterocycles. The average molecular weight is 375 g/mol. The molecule has 4 rings (SSSR count). The number of nitrogens with zero attached hydrogens (tertiary/aromatic N) is 3. The highest BCUT2D eigenvalue weighted by Gasteiger charge is 2.22. The van der Waals surface area contributed by atoms with Crippen molar-refractivity contribution in [2.75, 3.05) is 0 Å². The molecule has 2 aromatic heterocycles.